The normalized spacial score (nSPS) is 22.7. The lowest BCUT2D eigenvalue weighted by Crippen LogP contribution is -2.56. The molecule has 6 heteroatoms. The van der Waals surface area contributed by atoms with Gasteiger partial charge >= 0.3 is 0 Å². The molecule has 0 aromatic heterocycles. The summed E-state index contributed by atoms with van der Waals surface area (Å²) in [6.45, 7) is 3.08. The number of rotatable bonds is 5. The molecule has 1 N–H and O–H groups in total. The van der Waals surface area contributed by atoms with Gasteiger partial charge in [0.25, 0.3) is 0 Å². The van der Waals surface area contributed by atoms with Gasteiger partial charge in [0.1, 0.15) is 6.04 Å². The molecule has 2 aromatic carbocycles. The Balaban J connectivity index is 1.61. The van der Waals surface area contributed by atoms with E-state index < -0.39 is 11.5 Å². The van der Waals surface area contributed by atoms with Crippen LogP contribution in [-0.2, 0) is 20.8 Å². The Morgan fingerprint density at radius 3 is 2.52 bits per heavy atom. The molecule has 2 aromatic rings. The Morgan fingerprint density at radius 2 is 1.85 bits per heavy atom. The molecule has 174 valence electrons. The Labute approximate surface area is 196 Å². The van der Waals surface area contributed by atoms with Crippen LogP contribution in [0.25, 0.3) is 11.1 Å². The van der Waals surface area contributed by atoms with E-state index in [0.717, 1.165) is 29.5 Å². The molecule has 2 heterocycles. The molecule has 0 bridgehead atoms. The highest BCUT2D eigenvalue weighted by atomic mass is 16.2. The zero-order valence-corrected chi connectivity index (χ0v) is 19.8. The van der Waals surface area contributed by atoms with E-state index >= 15 is 0 Å². The SMILES string of the molecule is Cc1cccc(-c2cccc(CC3(C(=O)N(C)C)CCCN(C(=O)C4CCC(=O)N4)C3)c2)c1. The summed E-state index contributed by atoms with van der Waals surface area (Å²) in [7, 11) is 3.57. The summed E-state index contributed by atoms with van der Waals surface area (Å²) in [5.41, 5.74) is 3.90. The Morgan fingerprint density at radius 1 is 1.12 bits per heavy atom. The summed E-state index contributed by atoms with van der Waals surface area (Å²) in [6, 6.07) is 16.3. The Bertz CT molecular complexity index is 1060. The number of likely N-dealkylation sites (tertiary alicyclic amines) is 1. The van der Waals surface area contributed by atoms with Crippen molar-refractivity contribution in [2.24, 2.45) is 5.41 Å². The first-order valence-corrected chi connectivity index (χ1v) is 11.7. The molecule has 2 aliphatic heterocycles. The maximum absolute atomic E-state index is 13.5. The number of nitrogens with zero attached hydrogens (tertiary/aromatic N) is 2. The van der Waals surface area contributed by atoms with Crippen molar-refractivity contribution in [2.75, 3.05) is 27.2 Å². The minimum atomic E-state index is -0.675. The van der Waals surface area contributed by atoms with Crippen LogP contribution < -0.4 is 5.32 Å². The molecule has 0 aliphatic carbocycles. The van der Waals surface area contributed by atoms with Gasteiger partial charge in [-0.15, -0.1) is 0 Å². The van der Waals surface area contributed by atoms with Gasteiger partial charge in [0.05, 0.1) is 5.41 Å². The van der Waals surface area contributed by atoms with Crippen molar-refractivity contribution in [3.63, 3.8) is 0 Å². The number of aryl methyl sites for hydroxylation is 1. The average molecular weight is 448 g/mol. The summed E-state index contributed by atoms with van der Waals surface area (Å²) in [4.78, 5) is 41.7. The maximum atomic E-state index is 13.5. The van der Waals surface area contributed by atoms with E-state index in [4.69, 9.17) is 0 Å². The number of piperidine rings is 1. The molecule has 0 spiro atoms. The van der Waals surface area contributed by atoms with E-state index in [-0.39, 0.29) is 17.7 Å². The van der Waals surface area contributed by atoms with Gasteiger partial charge in [-0.05, 0) is 49.3 Å². The molecule has 0 saturated carbocycles. The topological polar surface area (TPSA) is 69.7 Å². The summed E-state index contributed by atoms with van der Waals surface area (Å²) in [6.07, 6.45) is 2.99. The quantitative estimate of drug-likeness (QED) is 0.765. The third-order valence-corrected chi connectivity index (χ3v) is 6.86. The third kappa shape index (κ3) is 4.95. The van der Waals surface area contributed by atoms with Gasteiger partial charge in [-0.1, -0.05) is 54.1 Å². The van der Waals surface area contributed by atoms with Crippen molar-refractivity contribution in [3.05, 3.63) is 59.7 Å². The lowest BCUT2D eigenvalue weighted by molar-refractivity contribution is -0.148. The molecule has 2 aliphatic rings. The van der Waals surface area contributed by atoms with E-state index in [0.29, 0.717) is 32.4 Å². The largest absolute Gasteiger partial charge is 0.348 e. The van der Waals surface area contributed by atoms with Gasteiger partial charge in [-0.25, -0.2) is 0 Å². The second kappa shape index (κ2) is 9.38. The fourth-order valence-corrected chi connectivity index (χ4v) is 5.28. The van der Waals surface area contributed by atoms with Crippen molar-refractivity contribution >= 4 is 17.7 Å². The molecule has 2 unspecified atom stereocenters. The summed E-state index contributed by atoms with van der Waals surface area (Å²) < 4.78 is 0. The fourth-order valence-electron chi connectivity index (χ4n) is 5.28. The molecule has 2 atom stereocenters. The van der Waals surface area contributed by atoms with Crippen LogP contribution in [0.2, 0.25) is 0 Å². The van der Waals surface area contributed by atoms with E-state index in [1.807, 2.05) is 6.07 Å². The van der Waals surface area contributed by atoms with Crippen molar-refractivity contribution in [3.8, 4) is 11.1 Å². The van der Waals surface area contributed by atoms with Gasteiger partial charge in [0.15, 0.2) is 0 Å². The molecular weight excluding hydrogens is 414 g/mol. The molecule has 6 nitrogen and oxygen atoms in total. The number of benzene rings is 2. The minimum absolute atomic E-state index is 0.0522. The predicted molar refractivity (Wildman–Crippen MR) is 128 cm³/mol. The van der Waals surface area contributed by atoms with Crippen LogP contribution in [0, 0.1) is 12.3 Å². The monoisotopic (exact) mass is 447 g/mol. The van der Waals surface area contributed by atoms with E-state index in [1.165, 1.54) is 5.56 Å². The smallest absolute Gasteiger partial charge is 0.245 e. The summed E-state index contributed by atoms with van der Waals surface area (Å²) >= 11 is 0. The average Bonchev–Trinajstić information content (AvgIpc) is 3.24. The number of hydrogen-bond donors (Lipinski definition) is 1. The van der Waals surface area contributed by atoms with E-state index in [1.54, 1.807) is 23.9 Å². The zero-order chi connectivity index (χ0) is 23.6. The van der Waals surface area contributed by atoms with Crippen LogP contribution in [0.15, 0.2) is 48.5 Å². The van der Waals surface area contributed by atoms with Gasteiger partial charge in [0.2, 0.25) is 17.7 Å². The molecule has 2 fully saturated rings. The number of hydrogen-bond acceptors (Lipinski definition) is 3. The first kappa shape index (κ1) is 23.0. The molecule has 0 radical (unpaired) electrons. The minimum Gasteiger partial charge on any atom is -0.348 e. The number of amides is 3. The predicted octanol–water partition coefficient (Wildman–Crippen LogP) is 3.18. The highest BCUT2D eigenvalue weighted by molar-refractivity contribution is 5.91. The number of carbonyl (C=O) groups is 3. The van der Waals surface area contributed by atoms with Gasteiger partial charge in [0, 0.05) is 33.6 Å². The zero-order valence-electron chi connectivity index (χ0n) is 19.8. The summed E-state index contributed by atoms with van der Waals surface area (Å²) in [5, 5.41) is 2.78. The van der Waals surface area contributed by atoms with Crippen molar-refractivity contribution in [2.45, 2.75) is 45.1 Å². The highest BCUT2D eigenvalue weighted by Gasteiger charge is 2.45. The van der Waals surface area contributed by atoms with Gasteiger partial charge in [-0.3, -0.25) is 14.4 Å². The molecule has 3 amide bonds. The van der Waals surface area contributed by atoms with Gasteiger partial charge in [-0.2, -0.15) is 0 Å². The second-order valence-electron chi connectivity index (χ2n) is 9.75. The Kier molecular flexibility index (Phi) is 6.54. The van der Waals surface area contributed by atoms with Crippen LogP contribution in [0.5, 0.6) is 0 Å². The third-order valence-electron chi connectivity index (χ3n) is 6.86. The van der Waals surface area contributed by atoms with Crippen LogP contribution >= 0.6 is 0 Å². The lowest BCUT2D eigenvalue weighted by atomic mass is 9.73. The van der Waals surface area contributed by atoms with Crippen molar-refractivity contribution < 1.29 is 14.4 Å². The van der Waals surface area contributed by atoms with E-state index in [9.17, 15) is 14.4 Å². The van der Waals surface area contributed by atoms with Crippen LogP contribution in [-0.4, -0.2) is 60.7 Å². The first-order valence-electron chi connectivity index (χ1n) is 11.7. The van der Waals surface area contributed by atoms with Crippen LogP contribution in [0.1, 0.15) is 36.8 Å². The standard InChI is InChI=1S/C27H33N3O3/c1-19-7-4-9-21(15-19)22-10-5-8-20(16-22)17-27(26(33)29(2)3)13-6-14-30(18-27)25(32)23-11-12-24(31)28-23/h4-5,7-10,15-16,23H,6,11-14,17-18H2,1-3H3,(H,28,31). The first-order chi connectivity index (χ1) is 15.8. The molecule has 33 heavy (non-hydrogen) atoms. The maximum Gasteiger partial charge on any atom is 0.245 e. The van der Waals surface area contributed by atoms with Crippen molar-refractivity contribution in [1.29, 1.82) is 0 Å². The van der Waals surface area contributed by atoms with Gasteiger partial charge < -0.3 is 15.1 Å². The number of nitrogens with one attached hydrogen (secondary N) is 1. The number of carbonyl (C=O) groups excluding carboxylic acids is 3. The fraction of sp³-hybridized carbons (Fsp3) is 0.444. The molecular formula is C27H33N3O3. The van der Waals surface area contributed by atoms with Crippen LogP contribution in [0.4, 0.5) is 0 Å². The van der Waals surface area contributed by atoms with Crippen LogP contribution in [0.3, 0.4) is 0 Å². The second-order valence-corrected chi connectivity index (χ2v) is 9.75. The summed E-state index contributed by atoms with van der Waals surface area (Å²) in [5.74, 6) is -0.0876. The molecule has 4 rings (SSSR count). The highest BCUT2D eigenvalue weighted by Crippen LogP contribution is 2.37. The van der Waals surface area contributed by atoms with Crippen molar-refractivity contribution in [1.82, 2.24) is 15.1 Å². The van der Waals surface area contributed by atoms with E-state index in [2.05, 4.69) is 54.7 Å². The molecule has 2 saturated heterocycles. The Hall–Kier alpha value is -3.15. The lowest BCUT2D eigenvalue weighted by Gasteiger charge is -2.43.